The average Bonchev–Trinajstić information content (AvgIpc) is 2.21. The Hall–Kier alpha value is -0.120. The minimum Gasteiger partial charge on any atom is -0.381 e. The zero-order chi connectivity index (χ0) is 9.68. The monoisotopic (exact) mass is 186 g/mol. The molecule has 1 saturated heterocycles. The number of ether oxygens (including phenoxy) is 1. The minimum absolute atomic E-state index is 0.478. The molecule has 0 amide bonds. The van der Waals surface area contributed by atoms with Gasteiger partial charge in [0, 0.05) is 32.8 Å². The average molecular weight is 186 g/mol. The third-order valence-corrected chi connectivity index (χ3v) is 3.07. The first-order chi connectivity index (χ1) is 6.31. The second-order valence-corrected chi connectivity index (χ2v) is 3.77. The molecule has 2 N–H and O–H groups in total. The van der Waals surface area contributed by atoms with E-state index >= 15 is 0 Å². The van der Waals surface area contributed by atoms with E-state index in [2.05, 4.69) is 11.8 Å². The molecule has 1 aliphatic rings. The molecule has 0 radical (unpaired) electrons. The van der Waals surface area contributed by atoms with Crippen LogP contribution < -0.4 is 5.73 Å². The summed E-state index contributed by atoms with van der Waals surface area (Å²) >= 11 is 0. The molecule has 1 heterocycles. The van der Waals surface area contributed by atoms with Crippen LogP contribution in [0.25, 0.3) is 0 Å². The van der Waals surface area contributed by atoms with Gasteiger partial charge in [-0.25, -0.2) is 0 Å². The van der Waals surface area contributed by atoms with Crippen LogP contribution >= 0.6 is 0 Å². The molecular weight excluding hydrogens is 164 g/mol. The van der Waals surface area contributed by atoms with Gasteiger partial charge in [-0.05, 0) is 19.3 Å². The van der Waals surface area contributed by atoms with Gasteiger partial charge in [0.2, 0.25) is 0 Å². The summed E-state index contributed by atoms with van der Waals surface area (Å²) in [6.07, 6.45) is 3.96. The van der Waals surface area contributed by atoms with E-state index in [9.17, 15) is 0 Å². The first-order valence-corrected chi connectivity index (χ1v) is 5.28. The van der Waals surface area contributed by atoms with E-state index in [0.29, 0.717) is 12.1 Å². The van der Waals surface area contributed by atoms with E-state index in [0.717, 1.165) is 38.9 Å². The summed E-state index contributed by atoms with van der Waals surface area (Å²) in [5.41, 5.74) is 5.71. The second kappa shape index (κ2) is 5.58. The molecule has 13 heavy (non-hydrogen) atoms. The highest BCUT2D eigenvalue weighted by Gasteiger charge is 2.22. The maximum Gasteiger partial charge on any atom is 0.0595 e. The lowest BCUT2D eigenvalue weighted by molar-refractivity contribution is 0.0278. The number of likely N-dealkylation sites (tertiary alicyclic amines) is 1. The molecule has 3 heteroatoms. The van der Waals surface area contributed by atoms with Crippen molar-refractivity contribution in [3.8, 4) is 0 Å². The number of rotatable bonds is 4. The van der Waals surface area contributed by atoms with Gasteiger partial charge >= 0.3 is 0 Å². The minimum atomic E-state index is 0.478. The van der Waals surface area contributed by atoms with E-state index in [4.69, 9.17) is 10.5 Å². The molecule has 0 aromatic heterocycles. The lowest BCUT2D eigenvalue weighted by Gasteiger charge is -2.36. The zero-order valence-electron chi connectivity index (χ0n) is 8.83. The molecule has 1 unspecified atom stereocenters. The fourth-order valence-corrected chi connectivity index (χ4v) is 2.05. The standard InChI is InChI=1S/C10H22N2O/c1-3-9(8-11)12-6-4-10(13-2)5-7-12/h9-10H,3-8,11H2,1-2H3. The quantitative estimate of drug-likeness (QED) is 0.707. The van der Waals surface area contributed by atoms with Gasteiger partial charge < -0.3 is 10.5 Å². The van der Waals surface area contributed by atoms with Crippen LogP contribution in [0.2, 0.25) is 0 Å². The normalized spacial score (nSPS) is 23.3. The number of hydrogen-bond acceptors (Lipinski definition) is 3. The van der Waals surface area contributed by atoms with Gasteiger partial charge in [-0.3, -0.25) is 4.90 Å². The van der Waals surface area contributed by atoms with Crippen molar-refractivity contribution < 1.29 is 4.74 Å². The Labute approximate surface area is 81.2 Å². The summed E-state index contributed by atoms with van der Waals surface area (Å²) < 4.78 is 5.33. The molecular formula is C10H22N2O. The van der Waals surface area contributed by atoms with Crippen molar-refractivity contribution in [1.29, 1.82) is 0 Å². The number of piperidine rings is 1. The van der Waals surface area contributed by atoms with Crippen LogP contribution in [0.3, 0.4) is 0 Å². The molecule has 0 spiro atoms. The molecule has 0 bridgehead atoms. The molecule has 0 saturated carbocycles. The zero-order valence-corrected chi connectivity index (χ0v) is 8.83. The van der Waals surface area contributed by atoms with E-state index < -0.39 is 0 Å². The Morgan fingerprint density at radius 3 is 2.46 bits per heavy atom. The first kappa shape index (κ1) is 11.0. The van der Waals surface area contributed by atoms with Gasteiger partial charge in [0.1, 0.15) is 0 Å². The second-order valence-electron chi connectivity index (χ2n) is 3.77. The summed E-state index contributed by atoms with van der Waals surface area (Å²) in [6.45, 7) is 5.29. The van der Waals surface area contributed by atoms with E-state index in [1.54, 1.807) is 7.11 Å². The third-order valence-electron chi connectivity index (χ3n) is 3.07. The van der Waals surface area contributed by atoms with Gasteiger partial charge in [0.05, 0.1) is 6.10 Å². The smallest absolute Gasteiger partial charge is 0.0595 e. The van der Waals surface area contributed by atoms with Crippen molar-refractivity contribution >= 4 is 0 Å². The number of methoxy groups -OCH3 is 1. The van der Waals surface area contributed by atoms with Crippen molar-refractivity contribution in [3.05, 3.63) is 0 Å². The SMILES string of the molecule is CCC(CN)N1CCC(OC)CC1. The summed E-state index contributed by atoms with van der Waals surface area (Å²) in [6, 6.07) is 0.581. The Kier molecular flexibility index (Phi) is 4.70. The number of nitrogens with two attached hydrogens (primary N) is 1. The highest BCUT2D eigenvalue weighted by molar-refractivity contribution is 4.78. The van der Waals surface area contributed by atoms with Gasteiger partial charge in [0.25, 0.3) is 0 Å². The summed E-state index contributed by atoms with van der Waals surface area (Å²) in [5.74, 6) is 0. The molecule has 1 atom stereocenters. The van der Waals surface area contributed by atoms with Gasteiger partial charge in [-0.1, -0.05) is 6.92 Å². The van der Waals surface area contributed by atoms with Crippen LogP contribution in [0.5, 0.6) is 0 Å². The van der Waals surface area contributed by atoms with E-state index in [-0.39, 0.29) is 0 Å². The lowest BCUT2D eigenvalue weighted by atomic mass is 10.0. The van der Waals surface area contributed by atoms with Crippen molar-refractivity contribution in [3.63, 3.8) is 0 Å². The van der Waals surface area contributed by atoms with Crippen LogP contribution in [0.15, 0.2) is 0 Å². The summed E-state index contributed by atoms with van der Waals surface area (Å²) in [5, 5.41) is 0. The van der Waals surface area contributed by atoms with Crippen LogP contribution in [-0.4, -0.2) is 43.8 Å². The molecule has 0 aromatic carbocycles. The third kappa shape index (κ3) is 2.93. The van der Waals surface area contributed by atoms with Crippen molar-refractivity contribution in [1.82, 2.24) is 4.90 Å². The van der Waals surface area contributed by atoms with Crippen LogP contribution in [0.4, 0.5) is 0 Å². The predicted octanol–water partition coefficient (Wildman–Crippen LogP) is 0.834. The molecule has 78 valence electrons. The fourth-order valence-electron chi connectivity index (χ4n) is 2.05. The van der Waals surface area contributed by atoms with Crippen LogP contribution in [-0.2, 0) is 4.74 Å². The van der Waals surface area contributed by atoms with Gasteiger partial charge in [-0.2, -0.15) is 0 Å². The topological polar surface area (TPSA) is 38.5 Å². The van der Waals surface area contributed by atoms with E-state index in [1.807, 2.05) is 0 Å². The summed E-state index contributed by atoms with van der Waals surface area (Å²) in [4.78, 5) is 2.50. The van der Waals surface area contributed by atoms with Crippen LogP contribution in [0.1, 0.15) is 26.2 Å². The van der Waals surface area contributed by atoms with Crippen molar-refractivity contribution in [2.75, 3.05) is 26.7 Å². The maximum absolute atomic E-state index is 5.71. The van der Waals surface area contributed by atoms with Crippen molar-refractivity contribution in [2.24, 2.45) is 5.73 Å². The largest absolute Gasteiger partial charge is 0.381 e. The Morgan fingerprint density at radius 2 is 2.08 bits per heavy atom. The first-order valence-electron chi connectivity index (χ1n) is 5.28. The highest BCUT2D eigenvalue weighted by atomic mass is 16.5. The summed E-state index contributed by atoms with van der Waals surface area (Å²) in [7, 11) is 1.81. The Balaban J connectivity index is 2.30. The molecule has 1 rings (SSSR count). The van der Waals surface area contributed by atoms with Gasteiger partial charge in [0.15, 0.2) is 0 Å². The Morgan fingerprint density at radius 1 is 1.46 bits per heavy atom. The predicted molar refractivity (Wildman–Crippen MR) is 54.7 cm³/mol. The molecule has 0 aliphatic carbocycles. The maximum atomic E-state index is 5.71. The molecule has 1 aliphatic heterocycles. The fraction of sp³-hybridized carbons (Fsp3) is 1.00. The van der Waals surface area contributed by atoms with Crippen molar-refractivity contribution in [2.45, 2.75) is 38.3 Å². The molecule has 0 aromatic rings. The molecule has 1 fully saturated rings. The van der Waals surface area contributed by atoms with E-state index in [1.165, 1.54) is 0 Å². The Bertz CT molecular complexity index is 129. The van der Waals surface area contributed by atoms with Gasteiger partial charge in [-0.15, -0.1) is 0 Å². The highest BCUT2D eigenvalue weighted by Crippen LogP contribution is 2.16. The molecule has 3 nitrogen and oxygen atoms in total. The van der Waals surface area contributed by atoms with Crippen LogP contribution in [0, 0.1) is 0 Å². The number of nitrogens with zero attached hydrogens (tertiary/aromatic N) is 1. The lowest BCUT2D eigenvalue weighted by Crippen LogP contribution is -2.46. The number of hydrogen-bond donors (Lipinski definition) is 1.